The lowest BCUT2D eigenvalue weighted by atomic mass is 10.0. The SMILES string of the molecule is COc1ccc(-n2c(C)cc(/C=C3\C(=O)N(c4ccccc4)C(=O)N(c4ccc(C)cc4)C3=O)c2C)cc1. The number of barbiturate groups is 1. The highest BCUT2D eigenvalue weighted by Gasteiger charge is 2.43. The molecule has 0 N–H and O–H groups in total. The van der Waals surface area contributed by atoms with Crippen molar-refractivity contribution in [2.75, 3.05) is 16.9 Å². The predicted octanol–water partition coefficient (Wildman–Crippen LogP) is 5.99. The Morgan fingerprint density at radius 3 is 1.82 bits per heavy atom. The summed E-state index contributed by atoms with van der Waals surface area (Å²) in [6.07, 6.45) is 1.58. The Bertz CT molecular complexity index is 1570. The summed E-state index contributed by atoms with van der Waals surface area (Å²) in [7, 11) is 1.62. The van der Waals surface area contributed by atoms with Gasteiger partial charge in [0.1, 0.15) is 11.3 Å². The first kappa shape index (κ1) is 24.8. The maximum atomic E-state index is 13.7. The molecular formula is C31H27N3O4. The van der Waals surface area contributed by atoms with Crippen molar-refractivity contribution < 1.29 is 19.1 Å². The van der Waals surface area contributed by atoms with Crippen LogP contribution in [-0.4, -0.2) is 29.5 Å². The monoisotopic (exact) mass is 505 g/mol. The van der Waals surface area contributed by atoms with Gasteiger partial charge in [0.05, 0.1) is 18.5 Å². The number of hydrogen-bond donors (Lipinski definition) is 0. The lowest BCUT2D eigenvalue weighted by Crippen LogP contribution is -2.57. The number of anilines is 2. The topological polar surface area (TPSA) is 71.8 Å². The summed E-state index contributed by atoms with van der Waals surface area (Å²) in [5, 5.41) is 0. The average molecular weight is 506 g/mol. The van der Waals surface area contributed by atoms with Gasteiger partial charge in [0, 0.05) is 17.1 Å². The number of carbonyl (C=O) groups is 3. The van der Waals surface area contributed by atoms with Crippen molar-refractivity contribution in [3.05, 3.63) is 113 Å². The van der Waals surface area contributed by atoms with Gasteiger partial charge < -0.3 is 9.30 Å². The van der Waals surface area contributed by atoms with E-state index in [0.717, 1.165) is 38.2 Å². The van der Waals surface area contributed by atoms with Gasteiger partial charge in [-0.15, -0.1) is 0 Å². The molecule has 1 saturated heterocycles. The highest BCUT2D eigenvalue weighted by molar-refractivity contribution is 6.46. The number of carbonyl (C=O) groups excluding carboxylic acids is 3. The van der Waals surface area contributed by atoms with Gasteiger partial charge in [-0.1, -0.05) is 35.9 Å². The molecule has 4 aromatic rings. The third-order valence-electron chi connectivity index (χ3n) is 6.66. The molecule has 190 valence electrons. The Morgan fingerprint density at radius 2 is 1.24 bits per heavy atom. The Hall–Kier alpha value is -4.91. The van der Waals surface area contributed by atoms with Crippen molar-refractivity contribution in [2.24, 2.45) is 0 Å². The van der Waals surface area contributed by atoms with Gasteiger partial charge in [-0.3, -0.25) is 9.59 Å². The molecule has 0 atom stereocenters. The Balaban J connectivity index is 1.63. The van der Waals surface area contributed by atoms with E-state index < -0.39 is 17.8 Å². The van der Waals surface area contributed by atoms with Crippen molar-refractivity contribution >= 4 is 35.3 Å². The number of imide groups is 2. The molecule has 4 amide bonds. The maximum Gasteiger partial charge on any atom is 0.343 e. The molecule has 38 heavy (non-hydrogen) atoms. The zero-order chi connectivity index (χ0) is 27.0. The van der Waals surface area contributed by atoms with Gasteiger partial charge in [-0.2, -0.15) is 0 Å². The summed E-state index contributed by atoms with van der Waals surface area (Å²) in [5.74, 6) is -0.576. The normalized spacial score (nSPS) is 14.9. The van der Waals surface area contributed by atoms with Gasteiger partial charge in [0.25, 0.3) is 11.8 Å². The second-order valence-corrected chi connectivity index (χ2v) is 9.15. The minimum Gasteiger partial charge on any atom is -0.497 e. The van der Waals surface area contributed by atoms with Gasteiger partial charge in [-0.05, 0) is 87.0 Å². The summed E-state index contributed by atoms with van der Waals surface area (Å²) < 4.78 is 7.32. The summed E-state index contributed by atoms with van der Waals surface area (Å²) in [5.41, 5.74) is 5.10. The number of hydrogen-bond acceptors (Lipinski definition) is 4. The molecule has 1 aliphatic rings. The largest absolute Gasteiger partial charge is 0.497 e. The van der Waals surface area contributed by atoms with E-state index in [2.05, 4.69) is 0 Å². The lowest BCUT2D eigenvalue weighted by Gasteiger charge is -2.34. The van der Waals surface area contributed by atoms with E-state index in [1.54, 1.807) is 55.7 Å². The van der Waals surface area contributed by atoms with E-state index in [0.29, 0.717) is 16.9 Å². The summed E-state index contributed by atoms with van der Waals surface area (Å²) >= 11 is 0. The van der Waals surface area contributed by atoms with Crippen LogP contribution in [-0.2, 0) is 9.59 Å². The van der Waals surface area contributed by atoms with Crippen LogP contribution in [0.15, 0.2) is 90.5 Å². The fraction of sp³-hybridized carbons (Fsp3) is 0.129. The number of nitrogens with zero attached hydrogens (tertiary/aromatic N) is 3. The van der Waals surface area contributed by atoms with Crippen LogP contribution in [0.1, 0.15) is 22.5 Å². The second kappa shape index (κ2) is 9.86. The van der Waals surface area contributed by atoms with E-state index in [4.69, 9.17) is 4.74 Å². The predicted molar refractivity (Wildman–Crippen MR) is 148 cm³/mol. The molecule has 0 spiro atoms. The number of aromatic nitrogens is 1. The third-order valence-corrected chi connectivity index (χ3v) is 6.66. The number of methoxy groups -OCH3 is 1. The molecule has 3 aromatic carbocycles. The first-order valence-electron chi connectivity index (χ1n) is 12.2. The summed E-state index contributed by atoms with van der Waals surface area (Å²) in [4.78, 5) is 43.1. The van der Waals surface area contributed by atoms with Crippen LogP contribution >= 0.6 is 0 Å². The van der Waals surface area contributed by atoms with Crippen LogP contribution in [0.4, 0.5) is 16.2 Å². The minimum atomic E-state index is -0.712. The maximum absolute atomic E-state index is 13.7. The zero-order valence-electron chi connectivity index (χ0n) is 21.6. The zero-order valence-corrected chi connectivity index (χ0v) is 21.6. The van der Waals surface area contributed by atoms with E-state index in [9.17, 15) is 14.4 Å². The highest BCUT2D eigenvalue weighted by Crippen LogP contribution is 2.31. The number of para-hydroxylation sites is 1. The fourth-order valence-electron chi connectivity index (χ4n) is 4.67. The van der Waals surface area contributed by atoms with Gasteiger partial charge in [-0.25, -0.2) is 14.6 Å². The minimum absolute atomic E-state index is 0.0935. The second-order valence-electron chi connectivity index (χ2n) is 9.15. The first-order chi connectivity index (χ1) is 18.3. The molecule has 0 aliphatic carbocycles. The molecule has 5 rings (SSSR count). The van der Waals surface area contributed by atoms with Crippen LogP contribution in [0.2, 0.25) is 0 Å². The van der Waals surface area contributed by atoms with Crippen LogP contribution < -0.4 is 14.5 Å². The Kier molecular flexibility index (Phi) is 6.43. The average Bonchev–Trinajstić information content (AvgIpc) is 3.20. The van der Waals surface area contributed by atoms with E-state index in [1.165, 1.54) is 0 Å². The van der Waals surface area contributed by atoms with Crippen molar-refractivity contribution in [3.8, 4) is 11.4 Å². The molecule has 0 radical (unpaired) electrons. The molecule has 7 heteroatoms. The molecule has 0 saturated carbocycles. The van der Waals surface area contributed by atoms with Crippen LogP contribution in [0.25, 0.3) is 11.8 Å². The molecule has 1 fully saturated rings. The van der Waals surface area contributed by atoms with Crippen molar-refractivity contribution in [3.63, 3.8) is 0 Å². The van der Waals surface area contributed by atoms with Crippen LogP contribution in [0.3, 0.4) is 0 Å². The lowest BCUT2D eigenvalue weighted by molar-refractivity contribution is -0.121. The Labute approximate surface area is 221 Å². The molecule has 2 heterocycles. The van der Waals surface area contributed by atoms with Gasteiger partial charge in [0.2, 0.25) is 0 Å². The van der Waals surface area contributed by atoms with Crippen LogP contribution in [0.5, 0.6) is 5.75 Å². The molecule has 7 nitrogen and oxygen atoms in total. The van der Waals surface area contributed by atoms with Crippen molar-refractivity contribution in [1.82, 2.24) is 4.57 Å². The van der Waals surface area contributed by atoms with Crippen molar-refractivity contribution in [2.45, 2.75) is 20.8 Å². The molecule has 1 aliphatic heterocycles. The summed E-state index contributed by atoms with van der Waals surface area (Å²) in [6.45, 7) is 5.81. The molecule has 1 aromatic heterocycles. The molecular weight excluding hydrogens is 478 g/mol. The number of urea groups is 1. The summed E-state index contributed by atoms with van der Waals surface area (Å²) in [6, 6.07) is 24.6. The van der Waals surface area contributed by atoms with E-state index in [1.807, 2.05) is 67.8 Å². The Morgan fingerprint density at radius 1 is 0.684 bits per heavy atom. The van der Waals surface area contributed by atoms with E-state index in [-0.39, 0.29) is 5.57 Å². The standard InChI is InChI=1S/C31H27N3O4/c1-20-10-12-26(13-11-20)34-30(36)28(29(35)33(31(34)37)24-8-6-5-7-9-24)19-23-18-21(2)32(22(23)3)25-14-16-27(38-4)17-15-25/h5-19H,1-4H3/b28-19+. The fourth-order valence-corrected chi connectivity index (χ4v) is 4.67. The first-order valence-corrected chi connectivity index (χ1v) is 12.2. The number of amides is 4. The molecule has 0 bridgehead atoms. The van der Waals surface area contributed by atoms with Gasteiger partial charge >= 0.3 is 6.03 Å². The van der Waals surface area contributed by atoms with Crippen LogP contribution in [0, 0.1) is 20.8 Å². The highest BCUT2D eigenvalue weighted by atomic mass is 16.5. The van der Waals surface area contributed by atoms with E-state index >= 15 is 0 Å². The quantitative estimate of drug-likeness (QED) is 0.247. The van der Waals surface area contributed by atoms with Gasteiger partial charge in [0.15, 0.2) is 0 Å². The number of benzene rings is 3. The molecule has 0 unspecified atom stereocenters. The number of ether oxygens (including phenoxy) is 1. The number of rotatable bonds is 5. The number of aryl methyl sites for hydroxylation is 2. The van der Waals surface area contributed by atoms with Crippen molar-refractivity contribution in [1.29, 1.82) is 0 Å². The third kappa shape index (κ3) is 4.28. The smallest absolute Gasteiger partial charge is 0.343 e.